The fourth-order valence-electron chi connectivity index (χ4n) is 3.54. The van der Waals surface area contributed by atoms with Crippen molar-refractivity contribution in [2.45, 2.75) is 39.5 Å². The van der Waals surface area contributed by atoms with E-state index >= 15 is 0 Å². The lowest BCUT2D eigenvalue weighted by Gasteiger charge is -2.29. The monoisotopic (exact) mass is 470 g/mol. The van der Waals surface area contributed by atoms with Gasteiger partial charge in [-0.1, -0.05) is 19.9 Å². The SMILES string of the molecule is CCOC(=O)CSCC(=O)Nc1sc2c(c1C#N)C=C(/C=C/c1ccc(C)o1)CC2(C)C. The molecule has 0 saturated heterocycles. The number of allylic oxidation sites excluding steroid dienone is 2. The highest BCUT2D eigenvalue weighted by Crippen LogP contribution is 2.47. The zero-order valence-electron chi connectivity index (χ0n) is 18.6. The molecular formula is C24H26N2O4S2. The Bertz CT molecular complexity index is 1120. The summed E-state index contributed by atoms with van der Waals surface area (Å²) in [5.74, 6) is 1.29. The molecule has 0 unspecified atom stereocenters. The van der Waals surface area contributed by atoms with Crippen LogP contribution in [-0.2, 0) is 19.7 Å². The van der Waals surface area contributed by atoms with Gasteiger partial charge in [0, 0.05) is 15.9 Å². The number of esters is 1. The molecule has 1 N–H and O–H groups in total. The number of aryl methyl sites for hydroxylation is 1. The van der Waals surface area contributed by atoms with Crippen LogP contribution in [0.15, 0.2) is 28.2 Å². The topological polar surface area (TPSA) is 92.3 Å². The molecule has 0 bridgehead atoms. The minimum atomic E-state index is -0.341. The van der Waals surface area contributed by atoms with Gasteiger partial charge in [0.15, 0.2) is 0 Å². The Morgan fingerprint density at radius 1 is 1.34 bits per heavy atom. The van der Waals surface area contributed by atoms with Crippen molar-refractivity contribution in [3.8, 4) is 6.07 Å². The molecule has 0 atom stereocenters. The number of anilines is 1. The molecule has 1 aliphatic carbocycles. The van der Waals surface area contributed by atoms with Crippen LogP contribution in [0.25, 0.3) is 12.2 Å². The summed E-state index contributed by atoms with van der Waals surface area (Å²) in [6.45, 7) is 8.25. The molecule has 8 heteroatoms. The summed E-state index contributed by atoms with van der Waals surface area (Å²) in [5, 5.41) is 13.2. The second kappa shape index (κ2) is 10.2. The summed E-state index contributed by atoms with van der Waals surface area (Å²) in [5.41, 5.74) is 2.24. The fraction of sp³-hybridized carbons (Fsp3) is 0.375. The summed E-state index contributed by atoms with van der Waals surface area (Å²) in [6.07, 6.45) is 6.78. The number of carbonyl (C=O) groups excluding carboxylic acids is 2. The summed E-state index contributed by atoms with van der Waals surface area (Å²) < 4.78 is 10.5. The maximum absolute atomic E-state index is 12.4. The molecule has 1 aliphatic rings. The number of hydrogen-bond acceptors (Lipinski definition) is 7. The third kappa shape index (κ3) is 5.72. The number of nitrogens with one attached hydrogen (secondary N) is 1. The smallest absolute Gasteiger partial charge is 0.315 e. The van der Waals surface area contributed by atoms with E-state index in [0.717, 1.165) is 34.0 Å². The summed E-state index contributed by atoms with van der Waals surface area (Å²) >= 11 is 2.64. The molecule has 0 radical (unpaired) electrons. The highest BCUT2D eigenvalue weighted by molar-refractivity contribution is 8.00. The van der Waals surface area contributed by atoms with E-state index in [1.807, 2.05) is 37.3 Å². The first-order chi connectivity index (χ1) is 15.2. The Hall–Kier alpha value is -2.76. The van der Waals surface area contributed by atoms with Crippen LogP contribution in [0.3, 0.4) is 0 Å². The van der Waals surface area contributed by atoms with E-state index in [1.54, 1.807) is 6.92 Å². The number of nitriles is 1. The van der Waals surface area contributed by atoms with Gasteiger partial charge in [-0.05, 0) is 50.1 Å². The minimum Gasteiger partial charge on any atom is -0.465 e. The Balaban J connectivity index is 1.78. The molecule has 168 valence electrons. The van der Waals surface area contributed by atoms with E-state index in [2.05, 4.69) is 25.2 Å². The lowest BCUT2D eigenvalue weighted by molar-refractivity contribution is -0.139. The van der Waals surface area contributed by atoms with Gasteiger partial charge in [-0.3, -0.25) is 9.59 Å². The van der Waals surface area contributed by atoms with E-state index in [0.29, 0.717) is 17.2 Å². The van der Waals surface area contributed by atoms with Crippen molar-refractivity contribution in [3.63, 3.8) is 0 Å². The Morgan fingerprint density at radius 3 is 2.78 bits per heavy atom. The zero-order valence-corrected chi connectivity index (χ0v) is 20.2. The van der Waals surface area contributed by atoms with Gasteiger partial charge < -0.3 is 14.5 Å². The summed E-state index contributed by atoms with van der Waals surface area (Å²) in [6, 6.07) is 6.10. The van der Waals surface area contributed by atoms with Crippen molar-refractivity contribution in [1.82, 2.24) is 0 Å². The summed E-state index contributed by atoms with van der Waals surface area (Å²) in [4.78, 5) is 24.9. The Kier molecular flexibility index (Phi) is 7.64. The van der Waals surface area contributed by atoms with E-state index < -0.39 is 0 Å². The molecule has 0 saturated carbocycles. The maximum Gasteiger partial charge on any atom is 0.315 e. The largest absolute Gasteiger partial charge is 0.465 e. The molecule has 0 fully saturated rings. The average molecular weight is 471 g/mol. The fourth-order valence-corrected chi connectivity index (χ4v) is 5.40. The standard InChI is InChI=1S/C24H26N2O4S2/c1-5-29-21(28)14-31-13-20(27)26-23-19(12-25)18-10-16(11-24(3,4)22(18)32-23)7-9-17-8-6-15(2)30-17/h6-10H,5,11,13-14H2,1-4H3,(H,26,27)/b9-7+. The van der Waals surface area contributed by atoms with Crippen LogP contribution in [0, 0.1) is 18.3 Å². The van der Waals surface area contributed by atoms with Gasteiger partial charge in [-0.25, -0.2) is 0 Å². The van der Waals surface area contributed by atoms with Crippen LogP contribution in [0.5, 0.6) is 0 Å². The average Bonchev–Trinajstić information content (AvgIpc) is 3.29. The molecule has 1 amide bonds. The molecule has 32 heavy (non-hydrogen) atoms. The predicted molar refractivity (Wildman–Crippen MR) is 130 cm³/mol. The number of rotatable bonds is 8. The van der Waals surface area contributed by atoms with Crippen LogP contribution < -0.4 is 5.32 Å². The second-order valence-corrected chi connectivity index (χ2v) is 10.1. The van der Waals surface area contributed by atoms with Crippen LogP contribution in [0.1, 0.15) is 54.7 Å². The maximum atomic E-state index is 12.4. The number of thioether (sulfide) groups is 1. The zero-order chi connectivity index (χ0) is 23.3. The number of ether oxygens (including phenoxy) is 1. The summed E-state index contributed by atoms with van der Waals surface area (Å²) in [7, 11) is 0. The van der Waals surface area contributed by atoms with Crippen molar-refractivity contribution in [3.05, 3.63) is 51.3 Å². The van der Waals surface area contributed by atoms with Crippen molar-refractivity contribution in [2.24, 2.45) is 0 Å². The molecule has 3 rings (SSSR count). The van der Waals surface area contributed by atoms with Gasteiger partial charge in [0.05, 0.1) is 23.7 Å². The molecular weight excluding hydrogens is 444 g/mol. The predicted octanol–water partition coefficient (Wildman–Crippen LogP) is 5.53. The lowest BCUT2D eigenvalue weighted by Crippen LogP contribution is -2.20. The Morgan fingerprint density at radius 2 is 2.12 bits per heavy atom. The van der Waals surface area contributed by atoms with Crippen LogP contribution >= 0.6 is 23.1 Å². The first-order valence-electron chi connectivity index (χ1n) is 10.3. The lowest BCUT2D eigenvalue weighted by atomic mass is 9.77. The van der Waals surface area contributed by atoms with Crippen molar-refractivity contribution in [2.75, 3.05) is 23.4 Å². The van der Waals surface area contributed by atoms with Gasteiger partial charge in [-0.15, -0.1) is 23.1 Å². The molecule has 0 spiro atoms. The van der Waals surface area contributed by atoms with Gasteiger partial charge in [0.1, 0.15) is 22.6 Å². The third-order valence-electron chi connectivity index (χ3n) is 4.88. The van der Waals surface area contributed by atoms with Crippen molar-refractivity contribution in [1.29, 1.82) is 5.26 Å². The highest BCUT2D eigenvalue weighted by Gasteiger charge is 2.33. The molecule has 0 aliphatic heterocycles. The molecule has 0 aromatic carbocycles. The number of fused-ring (bicyclic) bond motifs is 1. The molecule has 6 nitrogen and oxygen atoms in total. The number of furan rings is 1. The van der Waals surface area contributed by atoms with Gasteiger partial charge in [-0.2, -0.15) is 5.26 Å². The third-order valence-corrected chi connectivity index (χ3v) is 7.27. The van der Waals surface area contributed by atoms with Gasteiger partial charge >= 0.3 is 5.97 Å². The molecule has 2 aromatic heterocycles. The first-order valence-corrected chi connectivity index (χ1v) is 12.3. The quantitative estimate of drug-likeness (QED) is 0.510. The van der Waals surface area contributed by atoms with Gasteiger partial charge in [0.25, 0.3) is 0 Å². The number of hydrogen-bond donors (Lipinski definition) is 1. The molecule has 2 aromatic rings. The van der Waals surface area contributed by atoms with Crippen LogP contribution in [0.2, 0.25) is 0 Å². The normalized spacial score (nSPS) is 14.5. The second-order valence-electron chi connectivity index (χ2n) is 8.07. The minimum absolute atomic E-state index is 0.113. The van der Waals surface area contributed by atoms with Crippen LogP contribution in [0.4, 0.5) is 5.00 Å². The molecule has 2 heterocycles. The number of amides is 1. The van der Waals surface area contributed by atoms with Crippen molar-refractivity contribution < 1.29 is 18.7 Å². The van der Waals surface area contributed by atoms with E-state index in [-0.39, 0.29) is 28.8 Å². The highest BCUT2D eigenvalue weighted by atomic mass is 32.2. The van der Waals surface area contributed by atoms with Gasteiger partial charge in [0.2, 0.25) is 5.91 Å². The van der Waals surface area contributed by atoms with E-state index in [9.17, 15) is 14.9 Å². The number of carbonyl (C=O) groups is 2. The number of nitrogens with zero attached hydrogens (tertiary/aromatic N) is 1. The first kappa shape index (κ1) is 23.9. The van der Waals surface area contributed by atoms with Crippen molar-refractivity contribution >= 4 is 52.1 Å². The van der Waals surface area contributed by atoms with Crippen LogP contribution in [-0.4, -0.2) is 30.0 Å². The number of thiophene rings is 1. The van der Waals surface area contributed by atoms with E-state index in [4.69, 9.17) is 9.15 Å². The Labute approximate surface area is 196 Å². The van der Waals surface area contributed by atoms with E-state index in [1.165, 1.54) is 23.1 Å².